The molecular weight excluding hydrogens is 602 g/mol. The molecule has 0 aromatic heterocycles. The minimum absolute atomic E-state index is 0. The fourth-order valence-electron chi connectivity index (χ4n) is 6.29. The average molecular weight is 646 g/mol. The summed E-state index contributed by atoms with van der Waals surface area (Å²) in [7, 11) is 0. The molecule has 1 atom stereocenters. The predicted molar refractivity (Wildman–Crippen MR) is 176 cm³/mol. The van der Waals surface area contributed by atoms with Gasteiger partial charge in [0.1, 0.15) is 17.3 Å². The largest absolute Gasteiger partial charge is 0.507 e. The highest BCUT2D eigenvalue weighted by Crippen LogP contribution is 2.33. The number of benzene rings is 3. The molecule has 1 amide bonds. The van der Waals surface area contributed by atoms with Gasteiger partial charge in [0.15, 0.2) is 0 Å². The van der Waals surface area contributed by atoms with Crippen molar-refractivity contribution in [3.05, 3.63) is 82.6 Å². The quantitative estimate of drug-likeness (QED) is 0.299. The number of piperazine rings is 1. The molecular formula is C34H43Cl2FN4O3. The molecule has 0 aliphatic carbocycles. The first-order valence-electron chi connectivity index (χ1n) is 15.3. The van der Waals surface area contributed by atoms with Crippen LogP contribution < -0.4 is 10.5 Å². The molecule has 2 aliphatic rings. The van der Waals surface area contributed by atoms with Crippen LogP contribution in [0.15, 0.2) is 60.7 Å². The van der Waals surface area contributed by atoms with Crippen LogP contribution in [-0.4, -0.2) is 84.2 Å². The zero-order valence-corrected chi connectivity index (χ0v) is 26.8. The third-order valence-corrected chi connectivity index (χ3v) is 9.06. The summed E-state index contributed by atoms with van der Waals surface area (Å²) < 4.78 is 20.1. The molecule has 10 heteroatoms. The Morgan fingerprint density at radius 2 is 1.73 bits per heavy atom. The number of piperidine rings is 1. The van der Waals surface area contributed by atoms with Gasteiger partial charge >= 0.3 is 0 Å². The molecule has 0 spiro atoms. The maximum atomic E-state index is 14.5. The van der Waals surface area contributed by atoms with E-state index in [0.717, 1.165) is 55.6 Å². The Morgan fingerprint density at radius 3 is 2.43 bits per heavy atom. The summed E-state index contributed by atoms with van der Waals surface area (Å²) in [6.07, 6.45) is 2.56. The summed E-state index contributed by atoms with van der Waals surface area (Å²) in [5.74, 6) is 0.745. The highest BCUT2D eigenvalue weighted by molar-refractivity contribution is 6.30. The number of amides is 1. The number of halogens is 3. The van der Waals surface area contributed by atoms with E-state index in [1.807, 2.05) is 48.2 Å². The van der Waals surface area contributed by atoms with E-state index in [9.17, 15) is 14.3 Å². The number of phenolic OH excluding ortho intramolecular Hbond substituents is 1. The van der Waals surface area contributed by atoms with E-state index in [1.54, 1.807) is 18.2 Å². The SMILES string of the molecule is CCOc1cccc(F)c1CN1CCN(C(=O)C(N)C2CCN(CCc3cc(Cl)ccc3-c3ccccc3O)CC2)CC1.Cl. The number of nitrogens with two attached hydrogens (primary N) is 1. The number of phenols is 1. The van der Waals surface area contributed by atoms with Crippen molar-refractivity contribution in [3.63, 3.8) is 0 Å². The Balaban J connectivity index is 0.00000442. The first kappa shape index (κ1) is 34.0. The van der Waals surface area contributed by atoms with E-state index < -0.39 is 6.04 Å². The van der Waals surface area contributed by atoms with Gasteiger partial charge in [-0.2, -0.15) is 0 Å². The van der Waals surface area contributed by atoms with Gasteiger partial charge in [0.05, 0.1) is 12.6 Å². The number of ether oxygens (including phenoxy) is 1. The summed E-state index contributed by atoms with van der Waals surface area (Å²) in [6.45, 7) is 7.98. The van der Waals surface area contributed by atoms with Gasteiger partial charge in [-0.15, -0.1) is 12.4 Å². The Labute approximate surface area is 271 Å². The lowest BCUT2D eigenvalue weighted by Crippen LogP contribution is -2.55. The molecule has 5 rings (SSSR count). The van der Waals surface area contributed by atoms with Gasteiger partial charge < -0.3 is 25.4 Å². The number of para-hydroxylation sites is 1. The molecule has 2 aliphatic heterocycles. The second-order valence-corrected chi connectivity index (χ2v) is 12.0. The van der Waals surface area contributed by atoms with E-state index in [2.05, 4.69) is 9.80 Å². The number of aromatic hydroxyl groups is 1. The van der Waals surface area contributed by atoms with Crippen LogP contribution in [-0.2, 0) is 17.8 Å². The molecule has 238 valence electrons. The van der Waals surface area contributed by atoms with Crippen LogP contribution in [0.4, 0.5) is 4.39 Å². The van der Waals surface area contributed by atoms with Gasteiger partial charge in [-0.25, -0.2) is 4.39 Å². The summed E-state index contributed by atoms with van der Waals surface area (Å²) in [6, 6.07) is 17.6. The molecule has 2 fully saturated rings. The highest BCUT2D eigenvalue weighted by Gasteiger charge is 2.33. The van der Waals surface area contributed by atoms with Crippen molar-refractivity contribution in [2.75, 3.05) is 52.4 Å². The third-order valence-electron chi connectivity index (χ3n) is 8.83. The van der Waals surface area contributed by atoms with Gasteiger partial charge in [0.25, 0.3) is 0 Å². The molecule has 2 heterocycles. The normalized spacial score (nSPS) is 17.2. The molecule has 44 heavy (non-hydrogen) atoms. The van der Waals surface area contributed by atoms with Crippen molar-refractivity contribution in [1.82, 2.24) is 14.7 Å². The molecule has 3 aromatic rings. The second kappa shape index (κ2) is 15.9. The number of nitrogens with zero attached hydrogens (tertiary/aromatic N) is 3. The summed E-state index contributed by atoms with van der Waals surface area (Å²) in [5.41, 5.74) is 10.0. The fraction of sp³-hybridized carbons (Fsp3) is 0.441. The zero-order valence-electron chi connectivity index (χ0n) is 25.3. The monoisotopic (exact) mass is 644 g/mol. The molecule has 7 nitrogen and oxygen atoms in total. The van der Waals surface area contributed by atoms with Crippen LogP contribution >= 0.6 is 24.0 Å². The van der Waals surface area contributed by atoms with Crippen molar-refractivity contribution in [1.29, 1.82) is 0 Å². The molecule has 0 saturated carbocycles. The van der Waals surface area contributed by atoms with Crippen molar-refractivity contribution in [2.24, 2.45) is 11.7 Å². The van der Waals surface area contributed by atoms with Crippen LogP contribution in [0.3, 0.4) is 0 Å². The number of hydrogen-bond acceptors (Lipinski definition) is 6. The van der Waals surface area contributed by atoms with Crippen molar-refractivity contribution in [2.45, 2.75) is 38.8 Å². The van der Waals surface area contributed by atoms with Crippen molar-refractivity contribution < 1.29 is 19.0 Å². The molecule has 1 unspecified atom stereocenters. The smallest absolute Gasteiger partial charge is 0.239 e. The lowest BCUT2D eigenvalue weighted by molar-refractivity contribution is -0.136. The maximum Gasteiger partial charge on any atom is 0.239 e. The lowest BCUT2D eigenvalue weighted by atomic mass is 9.88. The van der Waals surface area contributed by atoms with Crippen LogP contribution in [0, 0.1) is 11.7 Å². The van der Waals surface area contributed by atoms with Crippen LogP contribution in [0.25, 0.3) is 11.1 Å². The van der Waals surface area contributed by atoms with Gasteiger partial charge in [0.2, 0.25) is 5.91 Å². The maximum absolute atomic E-state index is 14.5. The highest BCUT2D eigenvalue weighted by atomic mass is 35.5. The van der Waals surface area contributed by atoms with E-state index in [0.29, 0.717) is 55.7 Å². The zero-order chi connectivity index (χ0) is 30.3. The third kappa shape index (κ3) is 8.23. The van der Waals surface area contributed by atoms with E-state index >= 15 is 0 Å². The average Bonchev–Trinajstić information content (AvgIpc) is 3.02. The van der Waals surface area contributed by atoms with Gasteiger partial charge in [-0.3, -0.25) is 9.69 Å². The van der Waals surface area contributed by atoms with Gasteiger partial charge in [0, 0.05) is 55.4 Å². The molecule has 3 aromatic carbocycles. The van der Waals surface area contributed by atoms with E-state index in [-0.39, 0.29) is 35.8 Å². The number of rotatable bonds is 10. The molecule has 0 radical (unpaired) electrons. The van der Waals surface area contributed by atoms with Crippen LogP contribution in [0.1, 0.15) is 30.9 Å². The molecule has 2 saturated heterocycles. The summed E-state index contributed by atoms with van der Waals surface area (Å²) in [4.78, 5) is 19.8. The van der Waals surface area contributed by atoms with E-state index in [4.69, 9.17) is 22.1 Å². The van der Waals surface area contributed by atoms with E-state index in [1.165, 1.54) is 6.07 Å². The number of carbonyl (C=O) groups excluding carboxylic acids is 1. The first-order chi connectivity index (χ1) is 20.8. The van der Waals surface area contributed by atoms with Crippen LogP contribution in [0.2, 0.25) is 5.02 Å². The number of likely N-dealkylation sites (tertiary alicyclic amines) is 1. The van der Waals surface area contributed by atoms with Gasteiger partial charge in [-0.05, 0) is 86.7 Å². The Kier molecular flexibility index (Phi) is 12.3. The van der Waals surface area contributed by atoms with Crippen molar-refractivity contribution in [3.8, 4) is 22.6 Å². The minimum atomic E-state index is -0.509. The Morgan fingerprint density at radius 1 is 1.00 bits per heavy atom. The minimum Gasteiger partial charge on any atom is -0.507 e. The first-order valence-corrected chi connectivity index (χ1v) is 15.7. The van der Waals surface area contributed by atoms with Crippen LogP contribution in [0.5, 0.6) is 11.5 Å². The van der Waals surface area contributed by atoms with Gasteiger partial charge in [-0.1, -0.05) is 41.9 Å². The predicted octanol–water partition coefficient (Wildman–Crippen LogP) is 5.60. The summed E-state index contributed by atoms with van der Waals surface area (Å²) >= 11 is 6.33. The lowest BCUT2D eigenvalue weighted by Gasteiger charge is -2.39. The number of carbonyl (C=O) groups is 1. The molecule has 0 bridgehead atoms. The summed E-state index contributed by atoms with van der Waals surface area (Å²) in [5, 5.41) is 11.1. The Bertz CT molecular complexity index is 1390. The number of hydrogen-bond donors (Lipinski definition) is 2. The second-order valence-electron chi connectivity index (χ2n) is 11.5. The molecule has 3 N–H and O–H groups in total. The fourth-order valence-corrected chi connectivity index (χ4v) is 6.49. The standard InChI is InChI=1S/C34H42ClFN4O3.ClH/c1-2-43-32-9-5-7-30(36)29(32)23-39-18-20-40(21-19-39)34(42)33(37)24-12-15-38(16-13-24)17-14-25-22-26(35)10-11-27(25)28-6-3-4-8-31(28)41;/h3-11,22,24,33,41H,2,12-21,23,37H2,1H3;1H. The van der Waals surface area contributed by atoms with Crippen molar-refractivity contribution >= 4 is 29.9 Å². The topological polar surface area (TPSA) is 82.3 Å². The Hall–Kier alpha value is -2.88.